The van der Waals surface area contributed by atoms with E-state index in [1.807, 2.05) is 0 Å². The van der Waals surface area contributed by atoms with Gasteiger partial charge in [-0.05, 0) is 41.4 Å². The van der Waals surface area contributed by atoms with Crippen LogP contribution in [0, 0.1) is 28.6 Å². The Morgan fingerprint density at radius 1 is 1.23 bits per heavy atom. The second kappa shape index (κ2) is 2.52. The van der Waals surface area contributed by atoms with Crippen LogP contribution in [0.3, 0.4) is 0 Å². The lowest BCUT2D eigenvalue weighted by Crippen LogP contribution is -2.12. The molecule has 0 heteroatoms. The van der Waals surface area contributed by atoms with Crippen LogP contribution in [0.1, 0.15) is 53.9 Å². The molecule has 2 aliphatic carbocycles. The van der Waals surface area contributed by atoms with E-state index in [4.69, 9.17) is 0 Å². The molecule has 0 nitrogen and oxygen atoms in total. The molecule has 1 spiro atoms. The van der Waals surface area contributed by atoms with Gasteiger partial charge in [0.1, 0.15) is 0 Å². The quantitative estimate of drug-likeness (QED) is 0.570. The van der Waals surface area contributed by atoms with Crippen molar-refractivity contribution in [1.82, 2.24) is 0 Å². The number of hydrogen-bond acceptors (Lipinski definition) is 0. The molecule has 4 unspecified atom stereocenters. The molecule has 4 atom stereocenters. The van der Waals surface area contributed by atoms with Crippen molar-refractivity contribution < 1.29 is 0 Å². The molecule has 0 aromatic rings. The summed E-state index contributed by atoms with van der Waals surface area (Å²) in [5, 5.41) is 0. The average Bonchev–Trinajstić information content (AvgIpc) is 2.28. The Labute approximate surface area is 83.1 Å². The summed E-state index contributed by atoms with van der Waals surface area (Å²) < 4.78 is 0. The van der Waals surface area contributed by atoms with Crippen molar-refractivity contribution in [2.24, 2.45) is 28.6 Å². The van der Waals surface area contributed by atoms with Crippen molar-refractivity contribution in [3.63, 3.8) is 0 Å². The monoisotopic (exact) mass is 180 g/mol. The first-order valence-electron chi connectivity index (χ1n) is 5.96. The third-order valence-electron chi connectivity index (χ3n) is 5.34. The van der Waals surface area contributed by atoms with Crippen LogP contribution < -0.4 is 0 Å². The SMILES string of the molecule is CCC1C(C)(C)C12CC(C)CC2C. The molecular weight excluding hydrogens is 156 g/mol. The van der Waals surface area contributed by atoms with Crippen molar-refractivity contribution in [2.75, 3.05) is 0 Å². The Morgan fingerprint density at radius 2 is 1.85 bits per heavy atom. The van der Waals surface area contributed by atoms with Crippen LogP contribution in [0.5, 0.6) is 0 Å². The van der Waals surface area contributed by atoms with Gasteiger partial charge in [0.25, 0.3) is 0 Å². The average molecular weight is 180 g/mol. The van der Waals surface area contributed by atoms with Crippen LogP contribution in [0.4, 0.5) is 0 Å². The molecule has 2 aliphatic rings. The third kappa shape index (κ3) is 0.926. The first kappa shape index (κ1) is 9.55. The Morgan fingerprint density at radius 3 is 2.15 bits per heavy atom. The molecule has 76 valence electrons. The lowest BCUT2D eigenvalue weighted by Gasteiger charge is -2.19. The zero-order chi connectivity index (χ0) is 9.85. The van der Waals surface area contributed by atoms with Crippen molar-refractivity contribution >= 4 is 0 Å². The molecule has 0 radical (unpaired) electrons. The summed E-state index contributed by atoms with van der Waals surface area (Å²) >= 11 is 0. The van der Waals surface area contributed by atoms with Crippen LogP contribution in [0.25, 0.3) is 0 Å². The third-order valence-corrected chi connectivity index (χ3v) is 5.34. The Kier molecular flexibility index (Phi) is 1.85. The van der Waals surface area contributed by atoms with E-state index in [9.17, 15) is 0 Å². The highest BCUT2D eigenvalue weighted by Gasteiger charge is 2.73. The van der Waals surface area contributed by atoms with Crippen LogP contribution in [-0.2, 0) is 0 Å². The van der Waals surface area contributed by atoms with Crippen LogP contribution in [-0.4, -0.2) is 0 Å². The van der Waals surface area contributed by atoms with Crippen molar-refractivity contribution in [3.05, 3.63) is 0 Å². The van der Waals surface area contributed by atoms with Gasteiger partial charge in [-0.3, -0.25) is 0 Å². The molecule has 0 heterocycles. The Balaban J connectivity index is 2.24. The fraction of sp³-hybridized carbons (Fsp3) is 1.00. The molecule has 0 amide bonds. The van der Waals surface area contributed by atoms with E-state index in [0.717, 1.165) is 23.2 Å². The van der Waals surface area contributed by atoms with E-state index >= 15 is 0 Å². The highest BCUT2D eigenvalue weighted by molar-refractivity contribution is 5.20. The highest BCUT2D eigenvalue weighted by Crippen LogP contribution is 2.79. The first-order valence-corrected chi connectivity index (χ1v) is 5.96. The van der Waals surface area contributed by atoms with Gasteiger partial charge < -0.3 is 0 Å². The van der Waals surface area contributed by atoms with Crippen molar-refractivity contribution in [2.45, 2.75) is 53.9 Å². The number of hydrogen-bond donors (Lipinski definition) is 0. The van der Waals surface area contributed by atoms with Gasteiger partial charge >= 0.3 is 0 Å². The molecule has 0 aromatic carbocycles. The molecule has 2 rings (SSSR count). The topological polar surface area (TPSA) is 0 Å². The molecule has 0 saturated heterocycles. The molecular formula is C13H24. The largest absolute Gasteiger partial charge is 0.0651 e. The summed E-state index contributed by atoms with van der Waals surface area (Å²) in [7, 11) is 0. The van der Waals surface area contributed by atoms with E-state index in [0.29, 0.717) is 5.41 Å². The van der Waals surface area contributed by atoms with Crippen LogP contribution >= 0.6 is 0 Å². The van der Waals surface area contributed by atoms with E-state index in [1.165, 1.54) is 19.3 Å². The highest BCUT2D eigenvalue weighted by atomic mass is 14.8. The first-order chi connectivity index (χ1) is 5.96. The van der Waals surface area contributed by atoms with E-state index < -0.39 is 0 Å². The van der Waals surface area contributed by atoms with Gasteiger partial charge in [0.2, 0.25) is 0 Å². The maximum atomic E-state index is 2.50. The summed E-state index contributed by atoms with van der Waals surface area (Å²) in [5.74, 6) is 2.97. The normalized spacial score (nSPS) is 52.8. The second-order valence-corrected chi connectivity index (χ2v) is 6.17. The summed E-state index contributed by atoms with van der Waals surface area (Å²) in [6, 6.07) is 0. The van der Waals surface area contributed by atoms with E-state index in [1.54, 1.807) is 0 Å². The molecule has 0 aromatic heterocycles. The Hall–Kier alpha value is 0. The molecule has 13 heavy (non-hydrogen) atoms. The van der Waals surface area contributed by atoms with Gasteiger partial charge in [-0.15, -0.1) is 0 Å². The van der Waals surface area contributed by atoms with Gasteiger partial charge in [0, 0.05) is 0 Å². The fourth-order valence-corrected chi connectivity index (χ4v) is 4.94. The lowest BCUT2D eigenvalue weighted by molar-refractivity contribution is 0.297. The molecule has 2 fully saturated rings. The molecule has 2 saturated carbocycles. The summed E-state index contributed by atoms with van der Waals surface area (Å²) in [4.78, 5) is 0. The maximum Gasteiger partial charge on any atom is -0.0182 e. The lowest BCUT2D eigenvalue weighted by atomic mass is 9.86. The zero-order valence-electron chi connectivity index (χ0n) is 9.85. The molecule has 0 N–H and O–H groups in total. The minimum absolute atomic E-state index is 0.645. The molecule has 0 aliphatic heterocycles. The smallest absolute Gasteiger partial charge is 0.0182 e. The second-order valence-electron chi connectivity index (χ2n) is 6.17. The van der Waals surface area contributed by atoms with Gasteiger partial charge in [0.05, 0.1) is 0 Å². The maximum absolute atomic E-state index is 2.50. The van der Waals surface area contributed by atoms with Gasteiger partial charge in [-0.2, -0.15) is 0 Å². The zero-order valence-corrected chi connectivity index (χ0v) is 9.85. The van der Waals surface area contributed by atoms with E-state index in [2.05, 4.69) is 34.6 Å². The van der Waals surface area contributed by atoms with Gasteiger partial charge in [-0.1, -0.05) is 41.0 Å². The predicted molar refractivity (Wildman–Crippen MR) is 57.6 cm³/mol. The molecule has 0 bridgehead atoms. The van der Waals surface area contributed by atoms with Gasteiger partial charge in [0.15, 0.2) is 0 Å². The summed E-state index contributed by atoms with van der Waals surface area (Å²) in [6.07, 6.45) is 4.36. The number of rotatable bonds is 1. The van der Waals surface area contributed by atoms with E-state index in [-0.39, 0.29) is 0 Å². The minimum atomic E-state index is 0.645. The minimum Gasteiger partial charge on any atom is -0.0651 e. The fourth-order valence-electron chi connectivity index (χ4n) is 4.94. The van der Waals surface area contributed by atoms with Crippen molar-refractivity contribution in [3.8, 4) is 0 Å². The van der Waals surface area contributed by atoms with Crippen LogP contribution in [0.2, 0.25) is 0 Å². The Bertz CT molecular complexity index is 216. The van der Waals surface area contributed by atoms with Gasteiger partial charge in [-0.25, -0.2) is 0 Å². The predicted octanol–water partition coefficient (Wildman–Crippen LogP) is 4.10. The van der Waals surface area contributed by atoms with Crippen LogP contribution in [0.15, 0.2) is 0 Å². The summed E-state index contributed by atoms with van der Waals surface area (Å²) in [6.45, 7) is 12.3. The summed E-state index contributed by atoms with van der Waals surface area (Å²) in [5.41, 5.74) is 1.38. The van der Waals surface area contributed by atoms with Crippen molar-refractivity contribution in [1.29, 1.82) is 0 Å². The standard InChI is InChI=1S/C13H24/c1-6-11-12(4,5)13(11)8-9(2)7-10(13)3/h9-11H,6-8H2,1-5H3.